The number of allylic oxidation sites excluding steroid dienone is 1. The van der Waals surface area contributed by atoms with Gasteiger partial charge in [-0.2, -0.15) is 71.7 Å². The van der Waals surface area contributed by atoms with E-state index < -0.39 is 53.6 Å². The van der Waals surface area contributed by atoms with Crippen molar-refractivity contribution in [3.63, 3.8) is 0 Å². The van der Waals surface area contributed by atoms with E-state index in [4.69, 9.17) is 5.84 Å². The number of ketones is 1. The van der Waals surface area contributed by atoms with Crippen LogP contribution in [-0.4, -0.2) is 72.2 Å². The Balaban J connectivity index is -0.00000104. The Morgan fingerprint density at radius 3 is 1.18 bits per heavy atom. The van der Waals surface area contributed by atoms with E-state index in [2.05, 4.69) is 20.4 Å². The van der Waals surface area contributed by atoms with Gasteiger partial charge in [-0.1, -0.05) is 6.58 Å². The Morgan fingerprint density at radius 1 is 0.706 bits per heavy atom. The number of halogens is 16. The lowest BCUT2D eigenvalue weighted by Gasteiger charge is -2.40. The van der Waals surface area contributed by atoms with E-state index in [0.717, 1.165) is 13.1 Å². The molecule has 0 unspecified atom stereocenters. The van der Waals surface area contributed by atoms with Gasteiger partial charge in [0, 0.05) is 0 Å². The Morgan fingerprint density at radius 2 is 0.971 bits per heavy atom. The van der Waals surface area contributed by atoms with Gasteiger partial charge in [0.25, 0.3) is 0 Å². The Labute approximate surface area is 199 Å². The highest BCUT2D eigenvalue weighted by Crippen LogP contribution is 2.62. The molecule has 3 nitrogen and oxygen atoms in total. The molecular formula is C15H18F15IN2O. The number of carbonyl (C=O) groups is 1. The average molecular weight is 654 g/mol. The zero-order valence-electron chi connectivity index (χ0n) is 17.2. The first-order chi connectivity index (χ1) is 14.1. The topological polar surface area (TPSA) is 43.1 Å². The zero-order chi connectivity index (χ0) is 27.7. The lowest BCUT2D eigenvalue weighted by molar-refractivity contribution is -0.918. The molecule has 0 aromatic rings. The monoisotopic (exact) mass is 654 g/mol. The number of nitrogens with two attached hydrogens (primary N) is 1. The number of nitrogens with zero attached hydrogens (tertiary/aromatic N) is 1. The van der Waals surface area contributed by atoms with Crippen LogP contribution in [0.4, 0.5) is 65.9 Å². The lowest BCUT2D eigenvalue weighted by atomic mass is 9.90. The third-order valence-electron chi connectivity index (χ3n) is 4.27. The fourth-order valence-electron chi connectivity index (χ4n) is 1.47. The van der Waals surface area contributed by atoms with Gasteiger partial charge in [0.1, 0.15) is 0 Å². The van der Waals surface area contributed by atoms with Crippen LogP contribution >= 0.6 is 0 Å². The Hall–Kier alpha value is -0.990. The van der Waals surface area contributed by atoms with Crippen LogP contribution in [0.2, 0.25) is 0 Å². The normalized spacial score (nSPS) is 14.6. The molecule has 0 aliphatic heterocycles. The maximum absolute atomic E-state index is 13.0. The van der Waals surface area contributed by atoms with Crippen LogP contribution in [0.5, 0.6) is 0 Å². The van der Waals surface area contributed by atoms with Gasteiger partial charge in [0.2, 0.25) is 5.78 Å². The second kappa shape index (κ2) is 11.0. The maximum atomic E-state index is 13.0. The second-order valence-electron chi connectivity index (χ2n) is 6.62. The fourth-order valence-corrected chi connectivity index (χ4v) is 1.47. The highest BCUT2D eigenvalue weighted by molar-refractivity contribution is 5.96. The van der Waals surface area contributed by atoms with Crippen molar-refractivity contribution in [3.05, 3.63) is 12.7 Å². The minimum absolute atomic E-state index is 0. The van der Waals surface area contributed by atoms with Gasteiger partial charge < -0.3 is 24.0 Å². The van der Waals surface area contributed by atoms with Crippen LogP contribution in [0.1, 0.15) is 13.8 Å². The molecule has 34 heavy (non-hydrogen) atoms. The molecular weight excluding hydrogens is 636 g/mol. The fraction of sp³-hybridized carbons (Fsp3) is 0.800. The summed E-state index contributed by atoms with van der Waals surface area (Å²) in [6.45, 7) is 8.29. The SMILES string of the molecule is C=CC(=O)C(F)(F)C(F)(F)C(F)(F)C(F)(F)C(F)(F)C(F)(F)C(F)(F)F.CC[N+](C)(N)CC.[I-]. The summed E-state index contributed by atoms with van der Waals surface area (Å²) in [4.78, 5) is 10.4. The summed E-state index contributed by atoms with van der Waals surface area (Å²) in [5.41, 5.74) is 0. The highest BCUT2D eigenvalue weighted by atomic mass is 127. The molecule has 0 spiro atoms. The molecule has 0 bridgehead atoms. The average Bonchev–Trinajstić information content (AvgIpc) is 2.65. The van der Waals surface area contributed by atoms with Crippen LogP contribution in [0, 0.1) is 0 Å². The Bertz CT molecular complexity index is 698. The quantitative estimate of drug-likeness (QED) is 0.104. The van der Waals surface area contributed by atoms with Crippen LogP contribution < -0.4 is 29.8 Å². The summed E-state index contributed by atoms with van der Waals surface area (Å²) in [6, 6.07) is 0. The van der Waals surface area contributed by atoms with E-state index in [1.807, 2.05) is 7.05 Å². The van der Waals surface area contributed by atoms with E-state index >= 15 is 0 Å². The third-order valence-corrected chi connectivity index (χ3v) is 4.27. The molecule has 0 rings (SSSR count). The number of alkyl halides is 15. The molecule has 0 amide bonds. The van der Waals surface area contributed by atoms with E-state index in [9.17, 15) is 70.7 Å². The molecule has 19 heteroatoms. The van der Waals surface area contributed by atoms with Crippen molar-refractivity contribution in [1.29, 1.82) is 0 Å². The second-order valence-corrected chi connectivity index (χ2v) is 6.62. The zero-order valence-corrected chi connectivity index (χ0v) is 19.3. The molecule has 0 saturated carbocycles. The van der Waals surface area contributed by atoms with Crippen molar-refractivity contribution < 1.29 is 99.2 Å². The van der Waals surface area contributed by atoms with E-state index in [-0.39, 0.29) is 24.0 Å². The van der Waals surface area contributed by atoms with Gasteiger partial charge in [-0.3, -0.25) is 9.39 Å². The molecule has 206 valence electrons. The first-order valence-electron chi connectivity index (χ1n) is 8.24. The first-order valence-corrected chi connectivity index (χ1v) is 8.24. The summed E-state index contributed by atoms with van der Waals surface area (Å²) in [5.74, 6) is -45.5. The summed E-state index contributed by atoms with van der Waals surface area (Å²) in [5, 5.41) is 0. The molecule has 0 atom stereocenters. The number of carbonyl (C=O) groups excluding carboxylic acids is 1. The van der Waals surface area contributed by atoms with Gasteiger partial charge in [-0.25, -0.2) is 0 Å². The van der Waals surface area contributed by atoms with Gasteiger partial charge in [-0.15, -0.1) is 0 Å². The molecule has 0 aromatic carbocycles. The molecule has 0 aliphatic carbocycles. The molecule has 0 fully saturated rings. The lowest BCUT2D eigenvalue weighted by Crippen LogP contribution is -3.00. The molecule has 0 radical (unpaired) electrons. The van der Waals surface area contributed by atoms with Crippen molar-refractivity contribution in [3.8, 4) is 0 Å². The highest BCUT2D eigenvalue weighted by Gasteiger charge is 2.93. The third kappa shape index (κ3) is 6.22. The van der Waals surface area contributed by atoms with E-state index in [0.29, 0.717) is 4.59 Å². The van der Waals surface area contributed by atoms with Gasteiger partial charge in [0.15, 0.2) is 0 Å². The smallest absolute Gasteiger partial charge is 0.460 e. The van der Waals surface area contributed by atoms with Crippen molar-refractivity contribution in [1.82, 2.24) is 0 Å². The summed E-state index contributed by atoms with van der Waals surface area (Å²) in [7, 11) is 2.01. The first kappa shape index (κ1) is 37.6. The number of quaternary nitrogens is 1. The van der Waals surface area contributed by atoms with Crippen molar-refractivity contribution in [2.75, 3.05) is 20.1 Å². The molecule has 0 aliphatic rings. The van der Waals surface area contributed by atoms with E-state index in [1.165, 1.54) is 0 Å². The van der Waals surface area contributed by atoms with Crippen LogP contribution in [-0.2, 0) is 4.79 Å². The summed E-state index contributed by atoms with van der Waals surface area (Å²) < 4.78 is 190. The molecule has 0 saturated heterocycles. The number of hydrogen-bond acceptors (Lipinski definition) is 2. The summed E-state index contributed by atoms with van der Waals surface area (Å²) >= 11 is 0. The van der Waals surface area contributed by atoms with Gasteiger partial charge >= 0.3 is 41.7 Å². The Kier molecular flexibility index (Phi) is 12.1. The summed E-state index contributed by atoms with van der Waals surface area (Å²) in [6.07, 6.45) is -8.49. The maximum Gasteiger partial charge on any atom is 0.460 e. The molecule has 0 aromatic heterocycles. The minimum Gasteiger partial charge on any atom is -1.00 e. The van der Waals surface area contributed by atoms with Crippen molar-refractivity contribution >= 4 is 5.78 Å². The van der Waals surface area contributed by atoms with Crippen LogP contribution in [0.3, 0.4) is 0 Å². The molecule has 0 heterocycles. The predicted octanol–water partition coefficient (Wildman–Crippen LogP) is 2.47. The largest absolute Gasteiger partial charge is 1.00 e. The van der Waals surface area contributed by atoms with Gasteiger partial charge in [-0.05, 0) is 19.9 Å². The number of rotatable bonds is 9. The minimum atomic E-state index is -8.40. The predicted molar refractivity (Wildman–Crippen MR) is 82.4 cm³/mol. The van der Waals surface area contributed by atoms with Crippen LogP contribution in [0.25, 0.3) is 0 Å². The van der Waals surface area contributed by atoms with E-state index in [1.54, 1.807) is 0 Å². The van der Waals surface area contributed by atoms with Crippen LogP contribution in [0.15, 0.2) is 12.7 Å². The molecule has 2 N–H and O–H groups in total. The van der Waals surface area contributed by atoms with Crippen molar-refractivity contribution in [2.45, 2.75) is 55.6 Å². The van der Waals surface area contributed by atoms with Gasteiger partial charge in [0.05, 0.1) is 20.1 Å². The standard InChI is InChI=1S/C10H3F15O.C5H15N2.HI/c1-2-3(26)4(11,12)5(13,14)6(15,16)7(17,18)8(19,20)9(21,22)10(23,24)25;1-4-7(3,6)5-2;/h2H,1H2;4-6H2,1-3H3;1H/q;+1;/p-1. The van der Waals surface area contributed by atoms with Crippen molar-refractivity contribution in [2.24, 2.45) is 5.84 Å². The number of hydrogen-bond donors (Lipinski definition) is 1.